The zero-order valence-corrected chi connectivity index (χ0v) is 14.3. The quantitative estimate of drug-likeness (QED) is 0.649. The summed E-state index contributed by atoms with van der Waals surface area (Å²) in [6, 6.07) is 12.5. The first-order valence-corrected chi connectivity index (χ1v) is 8.71. The first-order valence-electron chi connectivity index (χ1n) is 8.71. The van der Waals surface area contributed by atoms with Crippen molar-refractivity contribution in [2.45, 2.75) is 20.0 Å². The average Bonchev–Trinajstić information content (AvgIpc) is 3.08. The third-order valence-electron chi connectivity index (χ3n) is 4.65. The SMILES string of the molecule is Cc1cccc(C[NH+]2CC[NH+](CC(=O)NCc3ccco3)CC2)c1. The number of amides is 1. The van der Waals surface area contributed by atoms with Crippen LogP contribution in [0.15, 0.2) is 47.1 Å². The lowest BCUT2D eigenvalue weighted by Gasteiger charge is -2.29. The van der Waals surface area contributed by atoms with Crippen molar-refractivity contribution in [2.75, 3.05) is 32.7 Å². The Kier molecular flexibility index (Phi) is 5.67. The summed E-state index contributed by atoms with van der Waals surface area (Å²) < 4.78 is 5.23. The molecular formula is C19H27N3O2+2. The molecule has 0 atom stereocenters. The predicted molar refractivity (Wildman–Crippen MR) is 91.7 cm³/mol. The van der Waals surface area contributed by atoms with Crippen LogP contribution in [-0.4, -0.2) is 38.6 Å². The fourth-order valence-electron chi connectivity index (χ4n) is 3.31. The number of carbonyl (C=O) groups is 1. The Morgan fingerprint density at radius 3 is 2.62 bits per heavy atom. The van der Waals surface area contributed by atoms with Gasteiger partial charge in [0.2, 0.25) is 0 Å². The molecule has 2 heterocycles. The molecule has 2 aromatic rings. The number of aryl methyl sites for hydroxylation is 1. The second kappa shape index (κ2) is 8.13. The molecular weight excluding hydrogens is 302 g/mol. The van der Waals surface area contributed by atoms with Gasteiger partial charge in [-0.3, -0.25) is 4.79 Å². The summed E-state index contributed by atoms with van der Waals surface area (Å²) in [4.78, 5) is 15.0. The van der Waals surface area contributed by atoms with E-state index in [1.165, 1.54) is 16.0 Å². The van der Waals surface area contributed by atoms with Crippen LogP contribution in [-0.2, 0) is 17.9 Å². The number of hydrogen-bond donors (Lipinski definition) is 3. The minimum absolute atomic E-state index is 0.100. The third kappa shape index (κ3) is 4.94. The highest BCUT2D eigenvalue weighted by Gasteiger charge is 2.24. The van der Waals surface area contributed by atoms with Crippen LogP contribution in [0.1, 0.15) is 16.9 Å². The van der Waals surface area contributed by atoms with Gasteiger partial charge in [0.15, 0.2) is 6.54 Å². The van der Waals surface area contributed by atoms with Gasteiger partial charge < -0.3 is 19.5 Å². The van der Waals surface area contributed by atoms with Gasteiger partial charge >= 0.3 is 0 Å². The molecule has 0 spiro atoms. The van der Waals surface area contributed by atoms with E-state index in [4.69, 9.17) is 4.42 Å². The van der Waals surface area contributed by atoms with Gasteiger partial charge in [-0.15, -0.1) is 0 Å². The van der Waals surface area contributed by atoms with Gasteiger partial charge in [0.25, 0.3) is 5.91 Å². The molecule has 3 N–H and O–H groups in total. The second-order valence-corrected chi connectivity index (χ2v) is 6.70. The molecule has 5 nitrogen and oxygen atoms in total. The molecule has 128 valence electrons. The monoisotopic (exact) mass is 329 g/mol. The number of hydrogen-bond acceptors (Lipinski definition) is 2. The van der Waals surface area contributed by atoms with Gasteiger partial charge in [-0.05, 0) is 19.1 Å². The van der Waals surface area contributed by atoms with Crippen molar-refractivity contribution in [2.24, 2.45) is 0 Å². The fourth-order valence-corrected chi connectivity index (χ4v) is 3.31. The van der Waals surface area contributed by atoms with Crippen molar-refractivity contribution in [3.63, 3.8) is 0 Å². The Morgan fingerprint density at radius 1 is 1.12 bits per heavy atom. The van der Waals surface area contributed by atoms with E-state index in [1.54, 1.807) is 11.2 Å². The summed E-state index contributed by atoms with van der Waals surface area (Å²) in [6.45, 7) is 8.60. The van der Waals surface area contributed by atoms with Gasteiger partial charge in [-0.25, -0.2) is 0 Å². The van der Waals surface area contributed by atoms with E-state index in [0.29, 0.717) is 13.1 Å². The maximum atomic E-state index is 12.0. The first-order chi connectivity index (χ1) is 11.7. The second-order valence-electron chi connectivity index (χ2n) is 6.70. The van der Waals surface area contributed by atoms with Crippen molar-refractivity contribution in [1.82, 2.24) is 5.32 Å². The van der Waals surface area contributed by atoms with E-state index in [-0.39, 0.29) is 5.91 Å². The maximum Gasteiger partial charge on any atom is 0.275 e. The largest absolute Gasteiger partial charge is 0.467 e. The van der Waals surface area contributed by atoms with Gasteiger partial charge in [0, 0.05) is 5.56 Å². The summed E-state index contributed by atoms with van der Waals surface area (Å²) in [5, 5.41) is 2.93. The van der Waals surface area contributed by atoms with E-state index in [1.807, 2.05) is 12.1 Å². The van der Waals surface area contributed by atoms with E-state index < -0.39 is 0 Å². The summed E-state index contributed by atoms with van der Waals surface area (Å²) in [5.41, 5.74) is 2.73. The molecule has 0 bridgehead atoms. The maximum absolute atomic E-state index is 12.0. The van der Waals surface area contributed by atoms with Crippen molar-refractivity contribution >= 4 is 5.91 Å². The van der Waals surface area contributed by atoms with Crippen LogP contribution in [0.5, 0.6) is 0 Å². The van der Waals surface area contributed by atoms with Crippen molar-refractivity contribution in [3.05, 3.63) is 59.5 Å². The number of nitrogens with one attached hydrogen (secondary N) is 3. The van der Waals surface area contributed by atoms with E-state index in [9.17, 15) is 4.79 Å². The number of carbonyl (C=O) groups excluding carboxylic acids is 1. The van der Waals surface area contributed by atoms with Crippen molar-refractivity contribution in [1.29, 1.82) is 0 Å². The average molecular weight is 329 g/mol. The van der Waals surface area contributed by atoms with Crippen molar-refractivity contribution in [3.8, 4) is 0 Å². The van der Waals surface area contributed by atoms with Crippen molar-refractivity contribution < 1.29 is 19.0 Å². The highest BCUT2D eigenvalue weighted by Crippen LogP contribution is 2.02. The van der Waals surface area contributed by atoms with Crippen LogP contribution in [0.2, 0.25) is 0 Å². The molecule has 24 heavy (non-hydrogen) atoms. The molecule has 1 aliphatic rings. The van der Waals surface area contributed by atoms with Gasteiger partial charge in [-0.1, -0.05) is 29.8 Å². The predicted octanol–water partition coefficient (Wildman–Crippen LogP) is -0.812. The number of furan rings is 1. The molecule has 0 saturated carbocycles. The molecule has 5 heteroatoms. The number of benzene rings is 1. The lowest BCUT2D eigenvalue weighted by molar-refractivity contribution is -1.02. The van der Waals surface area contributed by atoms with Crippen LogP contribution in [0, 0.1) is 6.92 Å². The zero-order chi connectivity index (χ0) is 16.8. The van der Waals surface area contributed by atoms with Gasteiger partial charge in [-0.2, -0.15) is 0 Å². The van der Waals surface area contributed by atoms with E-state index in [0.717, 1.165) is 38.5 Å². The summed E-state index contributed by atoms with van der Waals surface area (Å²) in [5.74, 6) is 0.898. The minimum Gasteiger partial charge on any atom is -0.467 e. The summed E-state index contributed by atoms with van der Waals surface area (Å²) in [6.07, 6.45) is 1.63. The van der Waals surface area contributed by atoms with E-state index in [2.05, 4.69) is 36.5 Å². The first kappa shape index (κ1) is 16.7. The van der Waals surface area contributed by atoms with Crippen LogP contribution in [0.25, 0.3) is 0 Å². The van der Waals surface area contributed by atoms with Crippen LogP contribution < -0.4 is 15.1 Å². The topological polar surface area (TPSA) is 51.1 Å². The summed E-state index contributed by atoms with van der Waals surface area (Å²) >= 11 is 0. The highest BCUT2D eigenvalue weighted by molar-refractivity contribution is 5.76. The molecule has 1 aromatic carbocycles. The zero-order valence-electron chi connectivity index (χ0n) is 14.3. The Morgan fingerprint density at radius 2 is 1.92 bits per heavy atom. The number of piperazine rings is 1. The smallest absolute Gasteiger partial charge is 0.275 e. The minimum atomic E-state index is 0.100. The lowest BCUT2D eigenvalue weighted by Crippen LogP contribution is -3.28. The molecule has 3 rings (SSSR count). The molecule has 1 aliphatic heterocycles. The Labute approximate surface area is 143 Å². The Hall–Kier alpha value is -2.11. The van der Waals surface area contributed by atoms with Crippen LogP contribution in [0.3, 0.4) is 0 Å². The molecule has 1 saturated heterocycles. The van der Waals surface area contributed by atoms with Crippen LogP contribution >= 0.6 is 0 Å². The Balaban J connectivity index is 1.38. The Bertz CT molecular complexity index is 646. The third-order valence-corrected chi connectivity index (χ3v) is 4.65. The molecule has 0 unspecified atom stereocenters. The standard InChI is InChI=1S/C19H25N3O2/c1-16-4-2-5-17(12-16)14-21-7-9-22(10-8-21)15-19(23)20-13-18-6-3-11-24-18/h2-6,11-12H,7-10,13-15H2,1H3,(H,20,23)/p+2. The highest BCUT2D eigenvalue weighted by atomic mass is 16.3. The number of rotatable bonds is 6. The molecule has 0 radical (unpaired) electrons. The van der Waals surface area contributed by atoms with Gasteiger partial charge in [0.1, 0.15) is 38.5 Å². The molecule has 1 aromatic heterocycles. The molecule has 1 fully saturated rings. The molecule has 0 aliphatic carbocycles. The normalized spacial score (nSPS) is 20.7. The molecule has 1 amide bonds. The van der Waals surface area contributed by atoms with Crippen LogP contribution in [0.4, 0.5) is 0 Å². The van der Waals surface area contributed by atoms with E-state index >= 15 is 0 Å². The van der Waals surface area contributed by atoms with Gasteiger partial charge in [0.05, 0.1) is 12.8 Å². The summed E-state index contributed by atoms with van der Waals surface area (Å²) in [7, 11) is 0. The lowest BCUT2D eigenvalue weighted by atomic mass is 10.1. The fraction of sp³-hybridized carbons (Fsp3) is 0.421. The number of quaternary nitrogens is 2.